The van der Waals surface area contributed by atoms with Crippen LogP contribution in [0.4, 0.5) is 10.1 Å². The number of halogens is 1. The zero-order chi connectivity index (χ0) is 14.5. The van der Waals surface area contributed by atoms with Crippen molar-refractivity contribution in [3.63, 3.8) is 0 Å². The maximum atomic E-state index is 13.8. The van der Waals surface area contributed by atoms with E-state index in [2.05, 4.69) is 12.2 Å². The van der Waals surface area contributed by atoms with E-state index in [-0.39, 0.29) is 5.56 Å². The van der Waals surface area contributed by atoms with Gasteiger partial charge in [0.1, 0.15) is 5.82 Å². The summed E-state index contributed by atoms with van der Waals surface area (Å²) >= 11 is 0. The van der Waals surface area contributed by atoms with Crippen LogP contribution >= 0.6 is 0 Å². The predicted molar refractivity (Wildman–Crippen MR) is 76.5 cm³/mol. The van der Waals surface area contributed by atoms with E-state index >= 15 is 0 Å². The van der Waals surface area contributed by atoms with Crippen molar-refractivity contribution in [3.8, 4) is 0 Å². The van der Waals surface area contributed by atoms with Crippen molar-refractivity contribution >= 4 is 11.7 Å². The number of hydrogen-bond acceptors (Lipinski definition) is 2. The van der Waals surface area contributed by atoms with Crippen molar-refractivity contribution in [3.05, 3.63) is 65.0 Å². The Morgan fingerprint density at radius 1 is 1.20 bits per heavy atom. The molecule has 2 aromatic rings. The quantitative estimate of drug-likeness (QED) is 0.873. The van der Waals surface area contributed by atoms with Crippen LogP contribution in [-0.2, 0) is 13.0 Å². The lowest BCUT2D eigenvalue weighted by Crippen LogP contribution is -2.05. The van der Waals surface area contributed by atoms with Gasteiger partial charge in [0.15, 0.2) is 0 Å². The van der Waals surface area contributed by atoms with Crippen molar-refractivity contribution in [1.29, 1.82) is 0 Å². The second-order valence-electron chi connectivity index (χ2n) is 4.48. The average molecular weight is 273 g/mol. The van der Waals surface area contributed by atoms with Crippen molar-refractivity contribution < 1.29 is 14.3 Å². The maximum absolute atomic E-state index is 13.8. The highest BCUT2D eigenvalue weighted by molar-refractivity contribution is 5.88. The van der Waals surface area contributed by atoms with Gasteiger partial charge in [0, 0.05) is 6.54 Å². The van der Waals surface area contributed by atoms with Crippen molar-refractivity contribution in [2.75, 3.05) is 5.32 Å². The summed E-state index contributed by atoms with van der Waals surface area (Å²) in [5.41, 5.74) is 2.57. The third kappa shape index (κ3) is 3.15. The van der Waals surface area contributed by atoms with Gasteiger partial charge in [-0.05, 0) is 35.7 Å². The summed E-state index contributed by atoms with van der Waals surface area (Å²) in [7, 11) is 0. The summed E-state index contributed by atoms with van der Waals surface area (Å²) in [6, 6.07) is 11.8. The van der Waals surface area contributed by atoms with Crippen LogP contribution in [0.3, 0.4) is 0 Å². The fourth-order valence-corrected chi connectivity index (χ4v) is 2.06. The molecule has 0 aliphatic carbocycles. The molecule has 0 amide bonds. The van der Waals surface area contributed by atoms with Crippen LogP contribution in [0.2, 0.25) is 0 Å². The van der Waals surface area contributed by atoms with Gasteiger partial charge in [-0.15, -0.1) is 0 Å². The molecule has 0 aliphatic heterocycles. The lowest BCUT2D eigenvalue weighted by Gasteiger charge is -2.11. The standard InChI is InChI=1S/C16H16FNO2/c1-2-11-5-3-4-6-13(11)10-18-15-8-7-12(16(19)20)9-14(15)17/h3-9,18H,2,10H2,1H3,(H,19,20). The third-order valence-corrected chi connectivity index (χ3v) is 3.18. The van der Waals surface area contributed by atoms with Crippen LogP contribution in [-0.4, -0.2) is 11.1 Å². The largest absolute Gasteiger partial charge is 0.478 e. The first-order chi connectivity index (χ1) is 9.61. The van der Waals surface area contributed by atoms with Gasteiger partial charge in [-0.1, -0.05) is 31.2 Å². The zero-order valence-corrected chi connectivity index (χ0v) is 11.2. The summed E-state index contributed by atoms with van der Waals surface area (Å²) in [6.07, 6.45) is 0.915. The predicted octanol–water partition coefficient (Wildman–Crippen LogP) is 3.70. The number of anilines is 1. The molecule has 0 aliphatic rings. The minimum atomic E-state index is -1.13. The first-order valence-electron chi connectivity index (χ1n) is 6.45. The van der Waals surface area contributed by atoms with E-state index < -0.39 is 11.8 Å². The lowest BCUT2D eigenvalue weighted by molar-refractivity contribution is 0.0696. The Hall–Kier alpha value is -2.36. The Labute approximate surface area is 117 Å². The Kier molecular flexibility index (Phi) is 4.35. The number of hydrogen-bond donors (Lipinski definition) is 2. The van der Waals surface area contributed by atoms with Gasteiger partial charge in [-0.2, -0.15) is 0 Å². The molecule has 0 unspecified atom stereocenters. The zero-order valence-electron chi connectivity index (χ0n) is 11.2. The van der Waals surface area contributed by atoms with E-state index in [1.54, 1.807) is 0 Å². The molecule has 20 heavy (non-hydrogen) atoms. The number of nitrogens with one attached hydrogen (secondary N) is 1. The van der Waals surface area contributed by atoms with E-state index in [1.807, 2.05) is 24.3 Å². The highest BCUT2D eigenvalue weighted by Crippen LogP contribution is 2.18. The van der Waals surface area contributed by atoms with Gasteiger partial charge in [-0.25, -0.2) is 9.18 Å². The molecule has 0 aromatic heterocycles. The SMILES string of the molecule is CCc1ccccc1CNc1ccc(C(=O)O)cc1F. The molecule has 0 saturated carbocycles. The molecule has 2 aromatic carbocycles. The van der Waals surface area contributed by atoms with E-state index in [0.29, 0.717) is 12.2 Å². The molecule has 2 rings (SSSR count). The van der Waals surface area contributed by atoms with E-state index in [1.165, 1.54) is 17.7 Å². The van der Waals surface area contributed by atoms with Gasteiger partial charge in [0.2, 0.25) is 0 Å². The molecule has 0 atom stereocenters. The molecular formula is C16H16FNO2. The Balaban J connectivity index is 2.13. The lowest BCUT2D eigenvalue weighted by atomic mass is 10.1. The van der Waals surface area contributed by atoms with Crippen molar-refractivity contribution in [2.24, 2.45) is 0 Å². The van der Waals surface area contributed by atoms with Crippen molar-refractivity contribution in [2.45, 2.75) is 19.9 Å². The monoisotopic (exact) mass is 273 g/mol. The normalized spacial score (nSPS) is 10.3. The highest BCUT2D eigenvalue weighted by atomic mass is 19.1. The number of aromatic carboxylic acids is 1. The summed E-state index contributed by atoms with van der Waals surface area (Å²) in [4.78, 5) is 10.7. The molecule has 2 N–H and O–H groups in total. The number of aryl methyl sites for hydroxylation is 1. The summed E-state index contributed by atoms with van der Waals surface area (Å²) in [5, 5.41) is 11.8. The molecule has 0 spiro atoms. The van der Waals surface area contributed by atoms with Gasteiger partial charge < -0.3 is 10.4 Å². The second-order valence-corrected chi connectivity index (χ2v) is 4.48. The highest BCUT2D eigenvalue weighted by Gasteiger charge is 2.08. The molecular weight excluding hydrogens is 257 g/mol. The molecule has 0 heterocycles. The Morgan fingerprint density at radius 3 is 2.50 bits per heavy atom. The Morgan fingerprint density at radius 2 is 1.90 bits per heavy atom. The summed E-state index contributed by atoms with van der Waals surface area (Å²) in [6.45, 7) is 2.58. The number of carbonyl (C=O) groups is 1. The van der Waals surface area contributed by atoms with E-state index in [0.717, 1.165) is 18.1 Å². The van der Waals surface area contributed by atoms with Gasteiger partial charge in [-0.3, -0.25) is 0 Å². The van der Waals surface area contributed by atoms with Crippen LogP contribution in [0, 0.1) is 5.82 Å². The average Bonchev–Trinajstić information content (AvgIpc) is 2.46. The Bertz CT molecular complexity index is 626. The third-order valence-electron chi connectivity index (χ3n) is 3.18. The fourth-order valence-electron chi connectivity index (χ4n) is 2.06. The topological polar surface area (TPSA) is 49.3 Å². The minimum Gasteiger partial charge on any atom is -0.478 e. The van der Waals surface area contributed by atoms with Gasteiger partial charge >= 0.3 is 5.97 Å². The van der Waals surface area contributed by atoms with Crippen molar-refractivity contribution in [1.82, 2.24) is 0 Å². The van der Waals surface area contributed by atoms with Crippen LogP contribution < -0.4 is 5.32 Å². The first kappa shape index (κ1) is 14.1. The van der Waals surface area contributed by atoms with Crippen LogP contribution in [0.5, 0.6) is 0 Å². The molecule has 0 radical (unpaired) electrons. The molecule has 104 valence electrons. The molecule has 3 nitrogen and oxygen atoms in total. The minimum absolute atomic E-state index is 0.0537. The first-order valence-corrected chi connectivity index (χ1v) is 6.45. The number of carboxylic acid groups (broad SMARTS) is 1. The number of benzene rings is 2. The molecule has 0 saturated heterocycles. The molecule has 4 heteroatoms. The molecule has 0 fully saturated rings. The van der Waals surface area contributed by atoms with Gasteiger partial charge in [0.25, 0.3) is 0 Å². The second kappa shape index (κ2) is 6.19. The van der Waals surface area contributed by atoms with Crippen LogP contribution in [0.15, 0.2) is 42.5 Å². The van der Waals surface area contributed by atoms with Crippen LogP contribution in [0.25, 0.3) is 0 Å². The van der Waals surface area contributed by atoms with Crippen LogP contribution in [0.1, 0.15) is 28.4 Å². The maximum Gasteiger partial charge on any atom is 0.335 e. The van der Waals surface area contributed by atoms with E-state index in [9.17, 15) is 9.18 Å². The number of carboxylic acids is 1. The van der Waals surface area contributed by atoms with E-state index in [4.69, 9.17) is 5.11 Å². The van der Waals surface area contributed by atoms with Gasteiger partial charge in [0.05, 0.1) is 11.3 Å². The summed E-state index contributed by atoms with van der Waals surface area (Å²) < 4.78 is 13.8. The number of rotatable bonds is 5. The smallest absolute Gasteiger partial charge is 0.335 e. The summed E-state index contributed by atoms with van der Waals surface area (Å²) in [5.74, 6) is -1.69. The fraction of sp³-hybridized carbons (Fsp3) is 0.188. The molecule has 0 bridgehead atoms.